The third-order valence-electron chi connectivity index (χ3n) is 3.86. The summed E-state index contributed by atoms with van der Waals surface area (Å²) in [6, 6.07) is 10.1. The van der Waals surface area contributed by atoms with Crippen LogP contribution in [-0.4, -0.2) is 51.7 Å². The first-order chi connectivity index (χ1) is 11.7. The van der Waals surface area contributed by atoms with Crippen molar-refractivity contribution in [2.24, 2.45) is 0 Å². The van der Waals surface area contributed by atoms with E-state index in [1.54, 1.807) is 4.90 Å². The number of nitrogens with zero attached hydrogens (tertiary/aromatic N) is 1. The minimum absolute atomic E-state index is 0.193. The number of ether oxygens (including phenoxy) is 2. The number of hydrogen-bond acceptors (Lipinski definition) is 5. The van der Waals surface area contributed by atoms with E-state index in [1.165, 1.54) is 0 Å². The number of hydrogen-bond donors (Lipinski definition) is 0. The first kappa shape index (κ1) is 21.4. The van der Waals surface area contributed by atoms with Crippen molar-refractivity contribution in [2.45, 2.75) is 51.2 Å². The van der Waals surface area contributed by atoms with Crippen LogP contribution in [0.1, 0.15) is 18.4 Å². The molecule has 0 spiro atoms. The SMILES string of the molecule is CN(C)[C@@H](CCC(=O)OCc1ccccc1)C(=O)OCC[Si](C)(C)C. The molecule has 0 aliphatic heterocycles. The Hall–Kier alpha value is -1.66. The number of carbonyl (C=O) groups is 2. The van der Waals surface area contributed by atoms with Crippen molar-refractivity contribution in [3.8, 4) is 0 Å². The van der Waals surface area contributed by atoms with Crippen molar-refractivity contribution in [3.63, 3.8) is 0 Å². The molecule has 0 heterocycles. The van der Waals surface area contributed by atoms with Gasteiger partial charge in [-0.15, -0.1) is 0 Å². The quantitative estimate of drug-likeness (QED) is 0.470. The van der Waals surface area contributed by atoms with Gasteiger partial charge in [-0.1, -0.05) is 50.0 Å². The number of benzene rings is 1. The lowest BCUT2D eigenvalue weighted by atomic mass is 10.1. The zero-order chi connectivity index (χ0) is 18.9. The topological polar surface area (TPSA) is 55.8 Å². The molecule has 6 heteroatoms. The fraction of sp³-hybridized carbons (Fsp3) is 0.579. The van der Waals surface area contributed by atoms with Gasteiger partial charge in [0.25, 0.3) is 0 Å². The molecule has 5 nitrogen and oxygen atoms in total. The fourth-order valence-electron chi connectivity index (χ4n) is 2.21. The van der Waals surface area contributed by atoms with Gasteiger partial charge in [-0.3, -0.25) is 14.5 Å². The zero-order valence-corrected chi connectivity index (χ0v) is 17.1. The second-order valence-electron chi connectivity index (χ2n) is 7.64. The van der Waals surface area contributed by atoms with Gasteiger partial charge in [0, 0.05) is 14.5 Å². The van der Waals surface area contributed by atoms with Crippen molar-refractivity contribution in [1.29, 1.82) is 0 Å². The van der Waals surface area contributed by atoms with E-state index >= 15 is 0 Å². The molecule has 0 aromatic heterocycles. The Morgan fingerprint density at radius 2 is 1.72 bits per heavy atom. The summed E-state index contributed by atoms with van der Waals surface area (Å²) in [5.41, 5.74) is 0.950. The minimum atomic E-state index is -1.23. The molecule has 0 fully saturated rings. The summed E-state index contributed by atoms with van der Waals surface area (Å²) in [6.45, 7) is 7.44. The van der Waals surface area contributed by atoms with Crippen LogP contribution in [0.2, 0.25) is 25.7 Å². The first-order valence-corrected chi connectivity index (χ1v) is 12.4. The van der Waals surface area contributed by atoms with Crippen LogP contribution in [0, 0.1) is 0 Å². The molecule has 1 atom stereocenters. The molecule has 0 aliphatic rings. The highest BCUT2D eigenvalue weighted by atomic mass is 28.3. The predicted octanol–water partition coefficient (Wildman–Crippen LogP) is 3.32. The van der Waals surface area contributed by atoms with Crippen LogP contribution in [0.4, 0.5) is 0 Å². The Balaban J connectivity index is 2.38. The predicted molar refractivity (Wildman–Crippen MR) is 102 cm³/mol. The summed E-state index contributed by atoms with van der Waals surface area (Å²) >= 11 is 0. The lowest BCUT2D eigenvalue weighted by Gasteiger charge is -2.23. The van der Waals surface area contributed by atoms with E-state index in [4.69, 9.17) is 9.47 Å². The van der Waals surface area contributed by atoms with E-state index in [-0.39, 0.29) is 25.0 Å². The van der Waals surface area contributed by atoms with E-state index in [0.717, 1.165) is 11.6 Å². The molecule has 0 unspecified atom stereocenters. The molecule has 25 heavy (non-hydrogen) atoms. The van der Waals surface area contributed by atoms with E-state index in [2.05, 4.69) is 19.6 Å². The van der Waals surface area contributed by atoms with E-state index < -0.39 is 14.1 Å². The maximum absolute atomic E-state index is 12.3. The van der Waals surface area contributed by atoms with Gasteiger partial charge in [0.05, 0.1) is 6.61 Å². The Morgan fingerprint density at radius 3 is 2.28 bits per heavy atom. The van der Waals surface area contributed by atoms with Gasteiger partial charge >= 0.3 is 11.9 Å². The third kappa shape index (κ3) is 9.41. The average Bonchev–Trinajstić information content (AvgIpc) is 2.52. The molecule has 0 aliphatic carbocycles. The monoisotopic (exact) mass is 365 g/mol. The maximum atomic E-state index is 12.3. The van der Waals surface area contributed by atoms with Crippen molar-refractivity contribution < 1.29 is 19.1 Å². The van der Waals surface area contributed by atoms with Gasteiger partial charge in [0.1, 0.15) is 12.6 Å². The summed E-state index contributed by atoms with van der Waals surface area (Å²) in [6.07, 6.45) is 0.588. The van der Waals surface area contributed by atoms with Gasteiger partial charge in [-0.2, -0.15) is 0 Å². The number of esters is 2. The van der Waals surface area contributed by atoms with Gasteiger partial charge in [0.2, 0.25) is 0 Å². The van der Waals surface area contributed by atoms with Crippen molar-refractivity contribution >= 4 is 20.0 Å². The molecule has 0 radical (unpaired) electrons. The molecule has 140 valence electrons. The lowest BCUT2D eigenvalue weighted by molar-refractivity contribution is -0.150. The second kappa shape index (κ2) is 10.4. The molecule has 0 N–H and O–H groups in total. The third-order valence-corrected chi connectivity index (χ3v) is 5.56. The molecule has 1 rings (SSSR count). The Morgan fingerprint density at radius 1 is 1.08 bits per heavy atom. The highest BCUT2D eigenvalue weighted by Gasteiger charge is 2.24. The van der Waals surface area contributed by atoms with E-state index in [9.17, 15) is 9.59 Å². The van der Waals surface area contributed by atoms with Crippen LogP contribution in [0.25, 0.3) is 0 Å². The van der Waals surface area contributed by atoms with E-state index in [0.29, 0.717) is 13.0 Å². The van der Waals surface area contributed by atoms with E-state index in [1.807, 2.05) is 44.4 Å². The molecule has 0 bridgehead atoms. The molecule has 0 saturated carbocycles. The number of rotatable bonds is 10. The lowest BCUT2D eigenvalue weighted by Crippen LogP contribution is -2.38. The number of likely N-dealkylation sites (N-methyl/N-ethyl adjacent to an activating group) is 1. The zero-order valence-electron chi connectivity index (χ0n) is 16.1. The largest absolute Gasteiger partial charge is 0.465 e. The van der Waals surface area contributed by atoms with Crippen LogP contribution in [0.15, 0.2) is 30.3 Å². The van der Waals surface area contributed by atoms with Crippen LogP contribution in [-0.2, 0) is 25.7 Å². The molecular weight excluding hydrogens is 334 g/mol. The van der Waals surface area contributed by atoms with Crippen molar-refractivity contribution in [3.05, 3.63) is 35.9 Å². The summed E-state index contributed by atoms with van der Waals surface area (Å²) < 4.78 is 10.7. The Bertz CT molecular complexity index is 540. The standard InChI is InChI=1S/C19H31NO4Si/c1-20(2)17(19(22)23-13-14-25(3,4)5)11-12-18(21)24-15-16-9-7-6-8-10-16/h6-10,17H,11-15H2,1-5H3/t17-/m0/s1. The minimum Gasteiger partial charge on any atom is -0.465 e. The molecule has 1 aromatic carbocycles. The molecule has 0 saturated heterocycles. The summed E-state index contributed by atoms with van der Waals surface area (Å²) in [4.78, 5) is 26.0. The maximum Gasteiger partial charge on any atom is 0.323 e. The normalized spacial score (nSPS) is 12.7. The van der Waals surface area contributed by atoms with Crippen LogP contribution in [0.3, 0.4) is 0 Å². The van der Waals surface area contributed by atoms with Gasteiger partial charge in [-0.05, 0) is 32.1 Å². The van der Waals surface area contributed by atoms with Gasteiger partial charge < -0.3 is 9.47 Å². The molecular formula is C19H31NO4Si. The van der Waals surface area contributed by atoms with Gasteiger partial charge in [0.15, 0.2) is 0 Å². The van der Waals surface area contributed by atoms with Crippen LogP contribution in [0.5, 0.6) is 0 Å². The molecule has 1 aromatic rings. The summed E-state index contributed by atoms with van der Waals surface area (Å²) in [7, 11) is 2.41. The summed E-state index contributed by atoms with van der Waals surface area (Å²) in [5, 5.41) is 0. The van der Waals surface area contributed by atoms with Crippen molar-refractivity contribution in [1.82, 2.24) is 4.90 Å². The van der Waals surface area contributed by atoms with Crippen LogP contribution >= 0.6 is 0 Å². The van der Waals surface area contributed by atoms with Crippen molar-refractivity contribution in [2.75, 3.05) is 20.7 Å². The second-order valence-corrected chi connectivity index (χ2v) is 13.3. The average molecular weight is 366 g/mol. The summed E-state index contributed by atoms with van der Waals surface area (Å²) in [5.74, 6) is -0.565. The Labute approximate surface area is 152 Å². The van der Waals surface area contributed by atoms with Crippen LogP contribution < -0.4 is 0 Å². The van der Waals surface area contributed by atoms with Gasteiger partial charge in [-0.25, -0.2) is 0 Å². The highest BCUT2D eigenvalue weighted by molar-refractivity contribution is 6.76. The fourth-order valence-corrected chi connectivity index (χ4v) is 2.92. The molecule has 0 amide bonds. The smallest absolute Gasteiger partial charge is 0.323 e. The number of carbonyl (C=O) groups excluding carboxylic acids is 2. The Kier molecular flexibility index (Phi) is 8.86. The highest BCUT2D eigenvalue weighted by Crippen LogP contribution is 2.11. The first-order valence-electron chi connectivity index (χ1n) is 8.71.